The number of amides is 1. The zero-order valence-corrected chi connectivity index (χ0v) is 7.04. The van der Waals surface area contributed by atoms with Crippen LogP contribution in [0.2, 0.25) is 0 Å². The van der Waals surface area contributed by atoms with Gasteiger partial charge in [0.05, 0.1) is 0 Å². The molecule has 0 bridgehead atoms. The molecule has 0 aromatic carbocycles. The van der Waals surface area contributed by atoms with Crippen molar-refractivity contribution in [2.45, 2.75) is 13.3 Å². The molecule has 70 valence electrons. The molecule has 0 radical (unpaired) electrons. The van der Waals surface area contributed by atoms with Crippen molar-refractivity contribution in [2.24, 2.45) is 11.7 Å². The van der Waals surface area contributed by atoms with E-state index in [9.17, 15) is 9.59 Å². The summed E-state index contributed by atoms with van der Waals surface area (Å²) in [6.07, 6.45) is 0.282. The van der Waals surface area contributed by atoms with E-state index in [1.807, 2.05) is 6.92 Å². The third-order valence-electron chi connectivity index (χ3n) is 1.37. The Balaban J connectivity index is 3.53. The number of hydrogen-bond donors (Lipinski definition) is 3. The van der Waals surface area contributed by atoms with Crippen LogP contribution in [0, 0.1) is 5.92 Å². The van der Waals surface area contributed by atoms with E-state index in [0.717, 1.165) is 0 Å². The van der Waals surface area contributed by atoms with Crippen molar-refractivity contribution < 1.29 is 14.7 Å². The highest BCUT2D eigenvalue weighted by Crippen LogP contribution is 1.97. The van der Waals surface area contributed by atoms with E-state index in [2.05, 4.69) is 5.32 Å². The lowest BCUT2D eigenvalue weighted by molar-refractivity contribution is -0.138. The number of carboxylic acids is 1. The molecule has 1 unspecified atom stereocenters. The summed E-state index contributed by atoms with van der Waals surface area (Å²) < 4.78 is 0. The number of rotatable bonds is 5. The number of carbonyl (C=O) groups is 2. The molecule has 1 atom stereocenters. The Morgan fingerprint density at radius 3 is 2.58 bits per heavy atom. The maximum atomic E-state index is 10.9. The minimum atomic E-state index is -1.04. The lowest BCUT2D eigenvalue weighted by Gasteiger charge is -2.06. The van der Waals surface area contributed by atoms with Gasteiger partial charge >= 0.3 is 5.97 Å². The molecule has 0 saturated carbocycles. The second-order valence-corrected chi connectivity index (χ2v) is 2.72. The number of aliphatic carboxylic acids is 1. The van der Waals surface area contributed by atoms with E-state index in [1.54, 1.807) is 0 Å². The second-order valence-electron chi connectivity index (χ2n) is 2.72. The van der Waals surface area contributed by atoms with Crippen molar-refractivity contribution in [3.63, 3.8) is 0 Å². The minimum absolute atomic E-state index is 0.0961. The summed E-state index contributed by atoms with van der Waals surface area (Å²) in [5.74, 6) is -1.21. The van der Waals surface area contributed by atoms with Gasteiger partial charge in [-0.25, -0.2) is 0 Å². The molecule has 12 heavy (non-hydrogen) atoms. The van der Waals surface area contributed by atoms with Gasteiger partial charge in [0.1, 0.15) is 6.54 Å². The highest BCUT2D eigenvalue weighted by molar-refractivity contribution is 5.81. The average Bonchev–Trinajstić information content (AvgIpc) is 2.00. The molecule has 0 aromatic rings. The minimum Gasteiger partial charge on any atom is -0.480 e. The lowest BCUT2D eigenvalue weighted by Crippen LogP contribution is -2.31. The normalized spacial score (nSPS) is 12.2. The Bertz CT molecular complexity index is 170. The SMILES string of the molecule is CC(CN)CC(=O)NCC(=O)O. The van der Waals surface area contributed by atoms with E-state index in [0.29, 0.717) is 6.54 Å². The maximum absolute atomic E-state index is 10.9. The Kier molecular flexibility index (Phi) is 5.03. The van der Waals surface area contributed by atoms with Gasteiger partial charge in [-0.05, 0) is 12.5 Å². The molecule has 4 N–H and O–H groups in total. The molecule has 5 heteroatoms. The van der Waals surface area contributed by atoms with E-state index >= 15 is 0 Å². The average molecular weight is 174 g/mol. The van der Waals surface area contributed by atoms with Crippen LogP contribution in [-0.4, -0.2) is 30.1 Å². The second kappa shape index (κ2) is 5.54. The van der Waals surface area contributed by atoms with Crippen LogP contribution in [0.3, 0.4) is 0 Å². The Labute approximate surface area is 70.9 Å². The van der Waals surface area contributed by atoms with E-state index in [-0.39, 0.29) is 24.8 Å². The molecule has 0 rings (SSSR count). The monoisotopic (exact) mass is 174 g/mol. The van der Waals surface area contributed by atoms with Crippen molar-refractivity contribution >= 4 is 11.9 Å². The molecular formula is C7H14N2O3. The summed E-state index contributed by atoms with van der Waals surface area (Å²) in [4.78, 5) is 20.9. The first-order chi connectivity index (χ1) is 5.56. The third kappa shape index (κ3) is 5.67. The zero-order valence-electron chi connectivity index (χ0n) is 7.04. The number of carboxylic acid groups (broad SMARTS) is 1. The van der Waals surface area contributed by atoms with Gasteiger partial charge in [0.2, 0.25) is 5.91 Å². The summed E-state index contributed by atoms with van der Waals surface area (Å²) in [6, 6.07) is 0. The van der Waals surface area contributed by atoms with Gasteiger partial charge in [-0.15, -0.1) is 0 Å². The summed E-state index contributed by atoms with van der Waals surface area (Å²) in [6.45, 7) is 1.94. The first-order valence-corrected chi connectivity index (χ1v) is 3.74. The van der Waals surface area contributed by atoms with E-state index in [4.69, 9.17) is 10.8 Å². The predicted molar refractivity (Wildman–Crippen MR) is 43.5 cm³/mol. The van der Waals surface area contributed by atoms with Crippen LogP contribution in [0.25, 0.3) is 0 Å². The number of nitrogens with one attached hydrogen (secondary N) is 1. The van der Waals surface area contributed by atoms with Gasteiger partial charge in [0.25, 0.3) is 0 Å². The van der Waals surface area contributed by atoms with Gasteiger partial charge < -0.3 is 16.2 Å². The molecule has 0 fully saturated rings. The quantitative estimate of drug-likeness (QED) is 0.507. The fourth-order valence-corrected chi connectivity index (χ4v) is 0.646. The molecule has 1 amide bonds. The first kappa shape index (κ1) is 10.9. The van der Waals surface area contributed by atoms with Crippen LogP contribution in [0.15, 0.2) is 0 Å². The smallest absolute Gasteiger partial charge is 0.322 e. The Morgan fingerprint density at radius 1 is 1.58 bits per heavy atom. The van der Waals surface area contributed by atoms with Crippen LogP contribution in [-0.2, 0) is 9.59 Å². The molecule has 0 aliphatic heterocycles. The largest absolute Gasteiger partial charge is 0.480 e. The summed E-state index contributed by atoms with van der Waals surface area (Å²) in [7, 11) is 0. The van der Waals surface area contributed by atoms with Gasteiger partial charge in [0.15, 0.2) is 0 Å². The van der Waals surface area contributed by atoms with Crippen molar-refractivity contribution in [2.75, 3.05) is 13.1 Å². The van der Waals surface area contributed by atoms with Crippen LogP contribution >= 0.6 is 0 Å². The van der Waals surface area contributed by atoms with Crippen molar-refractivity contribution in [1.82, 2.24) is 5.32 Å². The highest BCUT2D eigenvalue weighted by atomic mass is 16.4. The number of nitrogens with two attached hydrogens (primary N) is 1. The third-order valence-corrected chi connectivity index (χ3v) is 1.37. The summed E-state index contributed by atoms with van der Waals surface area (Å²) >= 11 is 0. The van der Waals surface area contributed by atoms with Crippen LogP contribution < -0.4 is 11.1 Å². The van der Waals surface area contributed by atoms with Crippen molar-refractivity contribution in [3.05, 3.63) is 0 Å². The maximum Gasteiger partial charge on any atom is 0.322 e. The van der Waals surface area contributed by atoms with Crippen LogP contribution in [0.1, 0.15) is 13.3 Å². The Morgan fingerprint density at radius 2 is 2.17 bits per heavy atom. The molecule has 0 aliphatic rings. The number of hydrogen-bond acceptors (Lipinski definition) is 3. The summed E-state index contributed by atoms with van der Waals surface area (Å²) in [5.41, 5.74) is 5.28. The highest BCUT2D eigenvalue weighted by Gasteiger charge is 2.07. The lowest BCUT2D eigenvalue weighted by atomic mass is 10.1. The molecule has 0 spiro atoms. The fraction of sp³-hybridized carbons (Fsp3) is 0.714. The van der Waals surface area contributed by atoms with Crippen LogP contribution in [0.4, 0.5) is 0 Å². The predicted octanol–water partition coefficient (Wildman–Crippen LogP) is -0.828. The molecule has 0 aromatic heterocycles. The summed E-state index contributed by atoms with van der Waals surface area (Å²) in [5, 5.41) is 10.5. The van der Waals surface area contributed by atoms with E-state index < -0.39 is 5.97 Å². The van der Waals surface area contributed by atoms with E-state index in [1.165, 1.54) is 0 Å². The number of carbonyl (C=O) groups excluding carboxylic acids is 1. The molecule has 0 aliphatic carbocycles. The standard InChI is InChI=1S/C7H14N2O3/c1-5(3-8)2-6(10)9-4-7(11)12/h5H,2-4,8H2,1H3,(H,9,10)(H,11,12). The first-order valence-electron chi connectivity index (χ1n) is 3.74. The van der Waals surface area contributed by atoms with Crippen LogP contribution in [0.5, 0.6) is 0 Å². The van der Waals surface area contributed by atoms with Crippen molar-refractivity contribution in [1.29, 1.82) is 0 Å². The van der Waals surface area contributed by atoms with Gasteiger partial charge in [0, 0.05) is 6.42 Å². The van der Waals surface area contributed by atoms with Gasteiger partial charge in [-0.2, -0.15) is 0 Å². The van der Waals surface area contributed by atoms with Gasteiger partial charge in [-0.1, -0.05) is 6.92 Å². The van der Waals surface area contributed by atoms with Crippen molar-refractivity contribution in [3.8, 4) is 0 Å². The Hall–Kier alpha value is -1.10. The van der Waals surface area contributed by atoms with Gasteiger partial charge in [-0.3, -0.25) is 9.59 Å². The molecular weight excluding hydrogens is 160 g/mol. The molecule has 0 saturated heterocycles. The molecule has 0 heterocycles. The zero-order chi connectivity index (χ0) is 9.56. The fourth-order valence-electron chi connectivity index (χ4n) is 0.646. The molecule has 5 nitrogen and oxygen atoms in total. The topological polar surface area (TPSA) is 92.4 Å².